The Morgan fingerprint density at radius 2 is 2.19 bits per heavy atom. The number of amides is 1. The van der Waals surface area contributed by atoms with Crippen molar-refractivity contribution in [3.05, 3.63) is 36.0 Å². The summed E-state index contributed by atoms with van der Waals surface area (Å²) in [4.78, 5) is 15.1. The molecule has 0 bridgehead atoms. The first-order chi connectivity index (χ1) is 9.93. The number of nitrogens with two attached hydrogens (primary N) is 1. The predicted molar refractivity (Wildman–Crippen MR) is 80.7 cm³/mol. The van der Waals surface area contributed by atoms with Crippen LogP contribution < -0.4 is 11.1 Å². The molecule has 1 unspecified atom stereocenters. The van der Waals surface area contributed by atoms with Gasteiger partial charge in [-0.05, 0) is 25.0 Å². The second kappa shape index (κ2) is 6.26. The van der Waals surface area contributed by atoms with Gasteiger partial charge >= 0.3 is 0 Å². The highest BCUT2D eigenvalue weighted by Gasteiger charge is 2.22. The highest BCUT2D eigenvalue weighted by atomic mass is 16.3. The Morgan fingerprint density at radius 3 is 2.90 bits per heavy atom. The molecule has 1 heterocycles. The van der Waals surface area contributed by atoms with Crippen molar-refractivity contribution in [1.29, 1.82) is 0 Å². The first kappa shape index (κ1) is 15.5. The topological polar surface area (TPSA) is 111 Å². The third-order valence-electron chi connectivity index (χ3n) is 3.44. The number of aliphatic hydroxyl groups is 2. The van der Waals surface area contributed by atoms with Crippen LogP contribution in [0.5, 0.6) is 0 Å². The molecule has 0 aliphatic carbocycles. The van der Waals surface area contributed by atoms with E-state index in [-0.39, 0.29) is 12.5 Å². The Kier molecular flexibility index (Phi) is 4.62. The quantitative estimate of drug-likeness (QED) is 0.511. The standard InChI is InChI=1S/C15H21N3O3/c1-15(21,9-19)8-18-14(20)12(16)6-10-7-17-13-5-3-2-4-11(10)13/h2-5,7,12,17,19,21H,6,8-9,16H2,1H3,(H,18,20)/t12-,15?/m1/s1. The van der Waals surface area contributed by atoms with Gasteiger partial charge in [0.2, 0.25) is 5.91 Å². The van der Waals surface area contributed by atoms with Crippen molar-refractivity contribution in [2.45, 2.75) is 25.0 Å². The van der Waals surface area contributed by atoms with Crippen molar-refractivity contribution in [3.8, 4) is 0 Å². The van der Waals surface area contributed by atoms with Gasteiger partial charge in [0.15, 0.2) is 0 Å². The van der Waals surface area contributed by atoms with Crippen LogP contribution in [0, 0.1) is 0 Å². The summed E-state index contributed by atoms with van der Waals surface area (Å²) >= 11 is 0. The molecule has 0 aliphatic rings. The minimum atomic E-state index is -1.34. The Bertz CT molecular complexity index is 621. The van der Waals surface area contributed by atoms with E-state index >= 15 is 0 Å². The van der Waals surface area contributed by atoms with Crippen LogP contribution >= 0.6 is 0 Å². The third kappa shape index (κ3) is 3.81. The minimum Gasteiger partial charge on any atom is -0.393 e. The molecule has 2 aromatic rings. The van der Waals surface area contributed by atoms with E-state index in [1.165, 1.54) is 6.92 Å². The molecule has 1 aromatic carbocycles. The van der Waals surface area contributed by atoms with Gasteiger partial charge in [-0.25, -0.2) is 0 Å². The number of hydrogen-bond donors (Lipinski definition) is 5. The van der Waals surface area contributed by atoms with Gasteiger partial charge in [0, 0.05) is 23.6 Å². The highest BCUT2D eigenvalue weighted by Crippen LogP contribution is 2.18. The molecule has 0 radical (unpaired) electrons. The molecule has 0 saturated heterocycles. The Morgan fingerprint density at radius 1 is 1.48 bits per heavy atom. The van der Waals surface area contributed by atoms with Crippen LogP contribution in [-0.2, 0) is 11.2 Å². The SMILES string of the molecule is CC(O)(CO)CNC(=O)[C@H](N)Cc1c[nH]c2ccccc12. The number of para-hydroxylation sites is 1. The van der Waals surface area contributed by atoms with Crippen LogP contribution in [0.3, 0.4) is 0 Å². The number of benzene rings is 1. The Balaban J connectivity index is 1.98. The molecule has 0 fully saturated rings. The molecule has 1 aromatic heterocycles. The van der Waals surface area contributed by atoms with E-state index in [0.29, 0.717) is 6.42 Å². The first-order valence-electron chi connectivity index (χ1n) is 6.84. The summed E-state index contributed by atoms with van der Waals surface area (Å²) in [6, 6.07) is 7.10. The van der Waals surface area contributed by atoms with Gasteiger partial charge < -0.3 is 26.2 Å². The van der Waals surface area contributed by atoms with Crippen LogP contribution in [0.2, 0.25) is 0 Å². The van der Waals surface area contributed by atoms with Crippen molar-refractivity contribution >= 4 is 16.8 Å². The molecular weight excluding hydrogens is 270 g/mol. The number of carbonyl (C=O) groups is 1. The zero-order valence-electron chi connectivity index (χ0n) is 12.0. The van der Waals surface area contributed by atoms with Gasteiger partial charge in [-0.1, -0.05) is 18.2 Å². The largest absolute Gasteiger partial charge is 0.393 e. The van der Waals surface area contributed by atoms with Gasteiger partial charge in [-0.3, -0.25) is 4.79 Å². The molecule has 21 heavy (non-hydrogen) atoms. The smallest absolute Gasteiger partial charge is 0.237 e. The van der Waals surface area contributed by atoms with E-state index in [1.807, 2.05) is 30.5 Å². The summed E-state index contributed by atoms with van der Waals surface area (Å²) in [6.07, 6.45) is 2.25. The predicted octanol–water partition coefficient (Wildman–Crippen LogP) is -0.103. The lowest BCUT2D eigenvalue weighted by atomic mass is 10.0. The van der Waals surface area contributed by atoms with Crippen molar-refractivity contribution in [3.63, 3.8) is 0 Å². The monoisotopic (exact) mass is 291 g/mol. The van der Waals surface area contributed by atoms with Crippen LogP contribution in [0.4, 0.5) is 0 Å². The lowest BCUT2D eigenvalue weighted by Gasteiger charge is -2.21. The van der Waals surface area contributed by atoms with Crippen LogP contribution in [0.1, 0.15) is 12.5 Å². The normalized spacial score (nSPS) is 15.6. The number of rotatable bonds is 6. The fourth-order valence-electron chi connectivity index (χ4n) is 2.09. The van der Waals surface area contributed by atoms with E-state index in [4.69, 9.17) is 10.8 Å². The summed E-state index contributed by atoms with van der Waals surface area (Å²) in [5.74, 6) is -0.353. The van der Waals surface area contributed by atoms with E-state index in [9.17, 15) is 9.90 Å². The fourth-order valence-corrected chi connectivity index (χ4v) is 2.09. The third-order valence-corrected chi connectivity index (χ3v) is 3.44. The number of aromatic amines is 1. The van der Waals surface area contributed by atoms with Gasteiger partial charge in [-0.2, -0.15) is 0 Å². The molecule has 0 aliphatic heterocycles. The van der Waals surface area contributed by atoms with Crippen LogP contribution in [-0.4, -0.2) is 45.9 Å². The average molecular weight is 291 g/mol. The zero-order valence-corrected chi connectivity index (χ0v) is 12.0. The number of H-pyrrole nitrogens is 1. The number of carbonyl (C=O) groups excluding carboxylic acids is 1. The molecule has 2 atom stereocenters. The maximum Gasteiger partial charge on any atom is 0.237 e. The van der Waals surface area contributed by atoms with Crippen molar-refractivity contribution < 1.29 is 15.0 Å². The lowest BCUT2D eigenvalue weighted by molar-refractivity contribution is -0.123. The molecule has 1 amide bonds. The highest BCUT2D eigenvalue weighted by molar-refractivity contribution is 5.86. The van der Waals surface area contributed by atoms with Crippen molar-refractivity contribution in [2.24, 2.45) is 5.73 Å². The van der Waals surface area contributed by atoms with Crippen molar-refractivity contribution in [1.82, 2.24) is 10.3 Å². The molecule has 6 heteroatoms. The van der Waals surface area contributed by atoms with E-state index in [0.717, 1.165) is 16.5 Å². The maximum absolute atomic E-state index is 11.9. The lowest BCUT2D eigenvalue weighted by Crippen LogP contribution is -2.49. The van der Waals surface area contributed by atoms with Gasteiger partial charge in [-0.15, -0.1) is 0 Å². The first-order valence-corrected chi connectivity index (χ1v) is 6.84. The number of fused-ring (bicyclic) bond motifs is 1. The van der Waals surface area contributed by atoms with Crippen molar-refractivity contribution in [2.75, 3.05) is 13.2 Å². The van der Waals surface area contributed by atoms with Crippen LogP contribution in [0.15, 0.2) is 30.5 Å². The van der Waals surface area contributed by atoms with Crippen LogP contribution in [0.25, 0.3) is 10.9 Å². The average Bonchev–Trinajstić information content (AvgIpc) is 2.88. The number of hydrogen-bond acceptors (Lipinski definition) is 4. The van der Waals surface area contributed by atoms with E-state index in [1.54, 1.807) is 0 Å². The molecule has 6 N–H and O–H groups in total. The molecule has 0 saturated carbocycles. The second-order valence-electron chi connectivity index (χ2n) is 5.54. The molecule has 114 valence electrons. The number of nitrogens with one attached hydrogen (secondary N) is 2. The summed E-state index contributed by atoms with van der Waals surface area (Å²) < 4.78 is 0. The maximum atomic E-state index is 11.9. The summed E-state index contributed by atoms with van der Waals surface area (Å²) in [5, 5.41) is 22.2. The fraction of sp³-hybridized carbons (Fsp3) is 0.400. The summed E-state index contributed by atoms with van der Waals surface area (Å²) in [6.45, 7) is 0.980. The van der Waals surface area contributed by atoms with Gasteiger partial charge in [0.25, 0.3) is 0 Å². The minimum absolute atomic E-state index is 0.0378. The Labute approximate surface area is 123 Å². The second-order valence-corrected chi connectivity index (χ2v) is 5.54. The molecule has 0 spiro atoms. The Hall–Kier alpha value is -1.89. The summed E-state index contributed by atoms with van der Waals surface area (Å²) in [5.41, 5.74) is 6.54. The number of aromatic nitrogens is 1. The van der Waals surface area contributed by atoms with Gasteiger partial charge in [0.05, 0.1) is 12.6 Å². The zero-order chi connectivity index (χ0) is 15.5. The molecular formula is C15H21N3O3. The van der Waals surface area contributed by atoms with E-state index in [2.05, 4.69) is 10.3 Å². The molecule has 6 nitrogen and oxygen atoms in total. The summed E-state index contributed by atoms with van der Waals surface area (Å²) in [7, 11) is 0. The molecule has 2 rings (SSSR count). The number of aliphatic hydroxyl groups excluding tert-OH is 1. The van der Waals surface area contributed by atoms with E-state index < -0.39 is 18.2 Å². The van der Waals surface area contributed by atoms with Gasteiger partial charge in [0.1, 0.15) is 5.60 Å².